The van der Waals surface area contributed by atoms with E-state index in [1.54, 1.807) is 24.4 Å². The summed E-state index contributed by atoms with van der Waals surface area (Å²) in [7, 11) is -3.56. The van der Waals surface area contributed by atoms with Crippen molar-refractivity contribution in [1.29, 1.82) is 0 Å². The van der Waals surface area contributed by atoms with Crippen LogP contribution in [0.25, 0.3) is 5.52 Å². The number of aromatic nitrogens is 2. The molecule has 2 rings (SSSR count). The van der Waals surface area contributed by atoms with Crippen molar-refractivity contribution in [2.75, 3.05) is 12.8 Å². The van der Waals surface area contributed by atoms with Crippen LogP contribution in [0.15, 0.2) is 29.6 Å². The highest BCUT2D eigenvalue weighted by Crippen LogP contribution is 2.20. The molecule has 2 aromatic heterocycles. The molecule has 140 valence electrons. The van der Waals surface area contributed by atoms with Crippen molar-refractivity contribution in [2.24, 2.45) is 11.7 Å². The molecule has 1 atom stereocenters. The summed E-state index contributed by atoms with van der Waals surface area (Å²) >= 11 is 0. The molecule has 2 aromatic rings. The van der Waals surface area contributed by atoms with E-state index in [2.05, 4.69) is 10.3 Å². The minimum atomic E-state index is -3.56. The molecule has 2 heterocycles. The number of hydrogen-bond donors (Lipinski definition) is 2. The van der Waals surface area contributed by atoms with Crippen LogP contribution in [-0.2, 0) is 9.84 Å². The van der Waals surface area contributed by atoms with Crippen LogP contribution in [0.2, 0.25) is 0 Å². The molecule has 0 aliphatic heterocycles. The first-order chi connectivity index (χ1) is 11.1. The van der Waals surface area contributed by atoms with Gasteiger partial charge in [0.1, 0.15) is 0 Å². The lowest BCUT2D eigenvalue weighted by atomic mass is 9.90. The molecule has 1 unspecified atom stereocenters. The van der Waals surface area contributed by atoms with Gasteiger partial charge in [-0.1, -0.05) is 19.9 Å². The summed E-state index contributed by atoms with van der Waals surface area (Å²) in [6, 6.07) is 5.09. The van der Waals surface area contributed by atoms with Gasteiger partial charge in [0, 0.05) is 19.0 Å². The van der Waals surface area contributed by atoms with Crippen LogP contribution in [0, 0.1) is 5.92 Å². The van der Waals surface area contributed by atoms with Crippen LogP contribution in [-0.4, -0.2) is 42.0 Å². The predicted molar refractivity (Wildman–Crippen MR) is 99.9 cm³/mol. The number of rotatable bonds is 6. The third-order valence-electron chi connectivity index (χ3n) is 3.79. The Bertz CT molecular complexity index is 863. The standard InChI is InChI=1S/C16H24N4O3S.ClH/c1-11(2)9-16(3,10-17)19-14(21)13-12-7-5-6-8-20(12)15(18-13)24(4,22)23;/h5-8,11H,9-10,17H2,1-4H3,(H,19,21);1H. The highest BCUT2D eigenvalue weighted by Gasteiger charge is 2.29. The van der Waals surface area contributed by atoms with E-state index < -0.39 is 21.3 Å². The summed E-state index contributed by atoms with van der Waals surface area (Å²) in [5, 5.41) is 2.76. The fraction of sp³-hybridized carbons (Fsp3) is 0.500. The third kappa shape index (κ3) is 4.71. The van der Waals surface area contributed by atoms with Crippen LogP contribution < -0.4 is 11.1 Å². The number of sulfone groups is 1. The molecular weight excluding hydrogens is 364 g/mol. The Hall–Kier alpha value is -1.64. The minimum absolute atomic E-state index is 0. The first-order valence-electron chi connectivity index (χ1n) is 7.77. The second-order valence-corrected chi connectivity index (χ2v) is 8.70. The van der Waals surface area contributed by atoms with Gasteiger partial charge in [-0.2, -0.15) is 0 Å². The quantitative estimate of drug-likeness (QED) is 0.782. The Labute approximate surface area is 154 Å². The van der Waals surface area contributed by atoms with Crippen molar-refractivity contribution in [3.63, 3.8) is 0 Å². The smallest absolute Gasteiger partial charge is 0.272 e. The van der Waals surface area contributed by atoms with Crippen LogP contribution in [0.4, 0.5) is 0 Å². The second-order valence-electron chi connectivity index (χ2n) is 6.79. The molecule has 0 saturated heterocycles. The molecule has 25 heavy (non-hydrogen) atoms. The van der Waals surface area contributed by atoms with E-state index >= 15 is 0 Å². The maximum atomic E-state index is 12.7. The van der Waals surface area contributed by atoms with Crippen molar-refractivity contribution >= 4 is 33.7 Å². The first kappa shape index (κ1) is 21.4. The number of nitrogens with two attached hydrogens (primary N) is 1. The number of hydrogen-bond acceptors (Lipinski definition) is 5. The molecule has 3 N–H and O–H groups in total. The van der Waals surface area contributed by atoms with E-state index in [1.165, 1.54) is 4.40 Å². The van der Waals surface area contributed by atoms with Crippen molar-refractivity contribution in [3.8, 4) is 0 Å². The number of pyridine rings is 1. The molecule has 0 bridgehead atoms. The lowest BCUT2D eigenvalue weighted by Crippen LogP contribution is -2.52. The van der Waals surface area contributed by atoms with E-state index in [-0.39, 0.29) is 29.8 Å². The fourth-order valence-electron chi connectivity index (χ4n) is 2.86. The van der Waals surface area contributed by atoms with Crippen LogP contribution >= 0.6 is 12.4 Å². The number of imidazole rings is 1. The zero-order valence-electron chi connectivity index (χ0n) is 14.8. The Morgan fingerprint density at radius 2 is 2.04 bits per heavy atom. The maximum Gasteiger partial charge on any atom is 0.272 e. The van der Waals surface area contributed by atoms with Crippen LogP contribution in [0.1, 0.15) is 37.7 Å². The van der Waals surface area contributed by atoms with Gasteiger partial charge in [-0.25, -0.2) is 13.4 Å². The van der Waals surface area contributed by atoms with Gasteiger partial charge in [-0.15, -0.1) is 12.4 Å². The molecular formula is C16H25ClN4O3S. The molecule has 1 amide bonds. The average molecular weight is 389 g/mol. The predicted octanol–water partition coefficient (Wildman–Crippen LogP) is 1.65. The van der Waals surface area contributed by atoms with Crippen molar-refractivity contribution in [2.45, 2.75) is 37.9 Å². The first-order valence-corrected chi connectivity index (χ1v) is 9.66. The number of nitrogens with one attached hydrogen (secondary N) is 1. The molecule has 0 aliphatic rings. The van der Waals surface area contributed by atoms with Gasteiger partial charge < -0.3 is 11.1 Å². The van der Waals surface area contributed by atoms with Gasteiger partial charge in [0.25, 0.3) is 5.91 Å². The number of carbonyl (C=O) groups excluding carboxylic acids is 1. The molecule has 7 nitrogen and oxygen atoms in total. The number of amides is 1. The van der Waals surface area contributed by atoms with Gasteiger partial charge in [-0.3, -0.25) is 9.20 Å². The summed E-state index contributed by atoms with van der Waals surface area (Å²) in [6.07, 6.45) is 3.35. The fourth-order valence-corrected chi connectivity index (χ4v) is 3.63. The summed E-state index contributed by atoms with van der Waals surface area (Å²) in [5.74, 6) is -0.0774. The largest absolute Gasteiger partial charge is 0.344 e. The third-order valence-corrected chi connectivity index (χ3v) is 4.74. The summed E-state index contributed by atoms with van der Waals surface area (Å²) < 4.78 is 25.3. The molecule has 0 saturated carbocycles. The summed E-state index contributed by atoms with van der Waals surface area (Å²) in [4.78, 5) is 16.8. The molecule has 0 aromatic carbocycles. The normalized spacial score (nSPS) is 14.2. The lowest BCUT2D eigenvalue weighted by Gasteiger charge is -2.30. The molecule has 0 aliphatic carbocycles. The van der Waals surface area contributed by atoms with Gasteiger partial charge in [0.15, 0.2) is 5.69 Å². The van der Waals surface area contributed by atoms with Crippen molar-refractivity contribution < 1.29 is 13.2 Å². The maximum absolute atomic E-state index is 12.7. The summed E-state index contributed by atoms with van der Waals surface area (Å²) in [5.41, 5.74) is 5.78. The Kier molecular flexibility index (Phi) is 6.61. The topological polar surface area (TPSA) is 107 Å². The zero-order chi connectivity index (χ0) is 18.1. The van der Waals surface area contributed by atoms with E-state index in [9.17, 15) is 13.2 Å². The second kappa shape index (κ2) is 7.72. The van der Waals surface area contributed by atoms with Crippen LogP contribution in [0.3, 0.4) is 0 Å². The van der Waals surface area contributed by atoms with E-state index in [4.69, 9.17) is 5.73 Å². The van der Waals surface area contributed by atoms with E-state index in [1.807, 2.05) is 20.8 Å². The monoisotopic (exact) mass is 388 g/mol. The zero-order valence-corrected chi connectivity index (χ0v) is 16.4. The number of halogens is 1. The Balaban J connectivity index is 0.00000312. The van der Waals surface area contributed by atoms with Crippen LogP contribution in [0.5, 0.6) is 0 Å². The molecule has 0 fully saturated rings. The SMILES string of the molecule is CC(C)CC(C)(CN)NC(=O)c1nc(S(C)(=O)=O)n2ccccc12.Cl. The van der Waals surface area contributed by atoms with E-state index in [0.29, 0.717) is 17.9 Å². The average Bonchev–Trinajstić information content (AvgIpc) is 2.86. The lowest BCUT2D eigenvalue weighted by molar-refractivity contribution is 0.0895. The Morgan fingerprint density at radius 1 is 1.40 bits per heavy atom. The number of carbonyl (C=O) groups is 1. The number of nitrogens with zero attached hydrogens (tertiary/aromatic N) is 2. The molecule has 9 heteroatoms. The highest BCUT2D eigenvalue weighted by molar-refractivity contribution is 7.90. The van der Waals surface area contributed by atoms with Crippen molar-refractivity contribution in [1.82, 2.24) is 14.7 Å². The minimum Gasteiger partial charge on any atom is -0.344 e. The van der Waals surface area contributed by atoms with Gasteiger partial charge >= 0.3 is 0 Å². The van der Waals surface area contributed by atoms with Crippen molar-refractivity contribution in [3.05, 3.63) is 30.1 Å². The molecule has 0 radical (unpaired) electrons. The van der Waals surface area contributed by atoms with E-state index in [0.717, 1.165) is 6.26 Å². The van der Waals surface area contributed by atoms with Gasteiger partial charge in [0.2, 0.25) is 15.0 Å². The van der Waals surface area contributed by atoms with Gasteiger partial charge in [0.05, 0.1) is 11.1 Å². The molecule has 0 spiro atoms. The number of fused-ring (bicyclic) bond motifs is 1. The van der Waals surface area contributed by atoms with Gasteiger partial charge in [-0.05, 0) is 31.4 Å². The highest BCUT2D eigenvalue weighted by atomic mass is 35.5. The summed E-state index contributed by atoms with van der Waals surface area (Å²) in [6.45, 7) is 6.25. The Morgan fingerprint density at radius 3 is 2.56 bits per heavy atom.